The normalized spacial score (nSPS) is 10.8. The van der Waals surface area contributed by atoms with E-state index in [2.05, 4.69) is 20.5 Å². The van der Waals surface area contributed by atoms with E-state index in [1.807, 2.05) is 30.3 Å². The number of rotatable bonds is 5. The number of aromatic nitrogens is 1. The number of hydrogen-bond acceptors (Lipinski definition) is 5. The molecule has 0 fully saturated rings. The van der Waals surface area contributed by atoms with Crippen LogP contribution in [0.1, 0.15) is 5.56 Å². The summed E-state index contributed by atoms with van der Waals surface area (Å²) >= 11 is 0.148. The Balaban J connectivity index is 1.68. The first-order valence-electron chi connectivity index (χ1n) is 6.93. The number of phenols is 1. The summed E-state index contributed by atoms with van der Waals surface area (Å²) in [5.74, 6) is 0.530. The number of hydrogen-bond donors (Lipinski definition) is 2. The Kier molecular flexibility index (Phi) is 4.76. The molecule has 116 valence electrons. The second-order valence-corrected chi connectivity index (χ2v) is 6.51. The Labute approximate surface area is 140 Å². The number of methoxy groups -OCH3 is 1. The van der Waals surface area contributed by atoms with Crippen molar-refractivity contribution >= 4 is 25.4 Å². The van der Waals surface area contributed by atoms with E-state index in [1.165, 1.54) is 7.11 Å². The topological polar surface area (TPSA) is 66.7 Å². The molecule has 5 nitrogen and oxygen atoms in total. The second kappa shape index (κ2) is 7.13. The summed E-state index contributed by atoms with van der Waals surface area (Å²) in [4.78, 5) is 6.68. The van der Waals surface area contributed by atoms with Gasteiger partial charge in [-0.3, -0.25) is 0 Å². The Morgan fingerprint density at radius 3 is 2.83 bits per heavy atom. The molecule has 6 heteroatoms. The van der Waals surface area contributed by atoms with E-state index in [1.54, 1.807) is 24.4 Å². The first kappa shape index (κ1) is 15.3. The zero-order valence-corrected chi connectivity index (χ0v) is 14.1. The minimum atomic E-state index is 0.109. The van der Waals surface area contributed by atoms with Gasteiger partial charge in [-0.25, -0.2) is 0 Å². The zero-order valence-electron chi connectivity index (χ0n) is 12.4. The van der Waals surface area contributed by atoms with Gasteiger partial charge in [-0.05, 0) is 0 Å². The number of ether oxygens (including phenoxy) is 1. The predicted molar refractivity (Wildman–Crippen MR) is 92.5 cm³/mol. The van der Waals surface area contributed by atoms with E-state index >= 15 is 0 Å². The molecule has 0 saturated carbocycles. The van der Waals surface area contributed by atoms with Crippen LogP contribution in [0.3, 0.4) is 0 Å². The van der Waals surface area contributed by atoms with E-state index in [0.29, 0.717) is 5.75 Å². The van der Waals surface area contributed by atoms with Crippen molar-refractivity contribution in [1.82, 2.24) is 4.98 Å². The Hall–Kier alpha value is -2.56. The van der Waals surface area contributed by atoms with Crippen molar-refractivity contribution in [2.75, 3.05) is 12.5 Å². The van der Waals surface area contributed by atoms with E-state index in [0.717, 1.165) is 21.5 Å². The van der Waals surface area contributed by atoms with E-state index < -0.39 is 0 Å². The van der Waals surface area contributed by atoms with Crippen molar-refractivity contribution in [3.8, 4) is 22.8 Å². The summed E-state index contributed by atoms with van der Waals surface area (Å²) < 4.78 is 5.93. The number of hydrazone groups is 1. The van der Waals surface area contributed by atoms with Crippen molar-refractivity contribution in [3.05, 3.63) is 59.0 Å². The number of phenolic OH excluding ortho intramolecular Hbond substituents is 1. The molecule has 0 unspecified atom stereocenters. The van der Waals surface area contributed by atoms with Crippen molar-refractivity contribution in [1.29, 1.82) is 0 Å². The molecule has 0 spiro atoms. The maximum absolute atomic E-state index is 9.56. The average molecular weight is 372 g/mol. The average Bonchev–Trinajstić information content (AvgIpc) is 3.06. The minimum absolute atomic E-state index is 0.109. The third kappa shape index (κ3) is 3.80. The molecule has 0 aliphatic rings. The number of aromatic hydroxyl groups is 1. The summed E-state index contributed by atoms with van der Waals surface area (Å²) in [5, 5.41) is 13.8. The Morgan fingerprint density at radius 2 is 2.04 bits per heavy atom. The molecular weight excluding hydrogens is 357 g/mol. The van der Waals surface area contributed by atoms with Gasteiger partial charge in [-0.2, -0.15) is 0 Å². The van der Waals surface area contributed by atoms with Gasteiger partial charge < -0.3 is 0 Å². The molecule has 1 heterocycles. The predicted octanol–water partition coefficient (Wildman–Crippen LogP) is 2.97. The summed E-state index contributed by atoms with van der Waals surface area (Å²) in [6.07, 6.45) is 1.67. The van der Waals surface area contributed by atoms with Crippen molar-refractivity contribution in [2.45, 2.75) is 0 Å². The maximum atomic E-state index is 9.56. The molecule has 2 aromatic carbocycles. The van der Waals surface area contributed by atoms with Gasteiger partial charge in [-0.15, -0.1) is 0 Å². The van der Waals surface area contributed by atoms with Gasteiger partial charge >= 0.3 is 140 Å². The molecule has 3 rings (SSSR count). The van der Waals surface area contributed by atoms with Gasteiger partial charge in [-0.1, -0.05) is 0 Å². The van der Waals surface area contributed by atoms with Crippen LogP contribution in [0.5, 0.6) is 11.5 Å². The van der Waals surface area contributed by atoms with Gasteiger partial charge in [0, 0.05) is 0 Å². The molecule has 0 amide bonds. The van der Waals surface area contributed by atoms with Crippen LogP contribution in [0.2, 0.25) is 0 Å². The zero-order chi connectivity index (χ0) is 16.1. The van der Waals surface area contributed by atoms with Crippen molar-refractivity contribution in [3.63, 3.8) is 0 Å². The number of nitrogens with one attached hydrogen (secondary N) is 1. The molecule has 0 saturated heterocycles. The number of nitrogens with zero attached hydrogens (tertiary/aromatic N) is 2. The molecule has 1 aromatic heterocycles. The van der Waals surface area contributed by atoms with Gasteiger partial charge in [0.25, 0.3) is 0 Å². The molecule has 2 N–H and O–H groups in total. The summed E-state index contributed by atoms with van der Waals surface area (Å²) in [5.41, 5.74) is 5.89. The van der Waals surface area contributed by atoms with Crippen LogP contribution in [0, 0.1) is 0 Å². The van der Waals surface area contributed by atoms with Gasteiger partial charge in [0.2, 0.25) is 0 Å². The van der Waals surface area contributed by atoms with Gasteiger partial charge in [0.1, 0.15) is 0 Å². The summed E-state index contributed by atoms with van der Waals surface area (Å²) in [6.45, 7) is 0. The molecule has 0 atom stereocenters. The SMILES string of the molecule is COc1cc(/C=N/Nc2nc(-c3ccccc3)c[se]2)ccc1O. The molecule has 0 aliphatic carbocycles. The fourth-order valence-corrected chi connectivity index (χ4v) is 3.41. The molecular formula is C17H15N3O2Se. The van der Waals surface area contributed by atoms with E-state index in [4.69, 9.17) is 4.74 Å². The van der Waals surface area contributed by atoms with Crippen LogP contribution >= 0.6 is 0 Å². The van der Waals surface area contributed by atoms with Crippen molar-refractivity contribution < 1.29 is 9.84 Å². The van der Waals surface area contributed by atoms with E-state index in [-0.39, 0.29) is 20.3 Å². The molecule has 23 heavy (non-hydrogen) atoms. The molecule has 0 bridgehead atoms. The van der Waals surface area contributed by atoms with Gasteiger partial charge in [0.05, 0.1) is 0 Å². The second-order valence-electron chi connectivity index (χ2n) is 4.71. The molecule has 0 aliphatic heterocycles. The van der Waals surface area contributed by atoms with Crippen LogP contribution in [0.4, 0.5) is 4.69 Å². The quantitative estimate of drug-likeness (QED) is 0.411. The van der Waals surface area contributed by atoms with Crippen LogP contribution in [-0.2, 0) is 0 Å². The first-order valence-corrected chi connectivity index (χ1v) is 8.78. The van der Waals surface area contributed by atoms with Crippen LogP contribution in [-0.4, -0.2) is 37.9 Å². The third-order valence-electron chi connectivity index (χ3n) is 3.15. The fourth-order valence-electron chi connectivity index (χ4n) is 2.00. The first-order chi connectivity index (χ1) is 11.3. The Morgan fingerprint density at radius 1 is 1.22 bits per heavy atom. The summed E-state index contributed by atoms with van der Waals surface area (Å²) in [6, 6.07) is 15.1. The third-order valence-corrected chi connectivity index (χ3v) is 4.72. The molecule has 0 radical (unpaired) electrons. The number of anilines is 1. The standard InChI is InChI=1S/C17H15N3O2Se/c1-22-16-9-12(7-8-15(16)21)10-18-20-17-19-14(11-23-17)13-5-3-2-4-6-13/h2-11,21H,1H3,(H,19,20)/b18-10+. The van der Waals surface area contributed by atoms with Crippen LogP contribution in [0.15, 0.2) is 58.6 Å². The monoisotopic (exact) mass is 373 g/mol. The Bertz CT molecular complexity index is 816. The summed E-state index contributed by atoms with van der Waals surface area (Å²) in [7, 11) is 1.51. The van der Waals surface area contributed by atoms with Crippen LogP contribution < -0.4 is 10.2 Å². The van der Waals surface area contributed by atoms with E-state index in [9.17, 15) is 5.11 Å². The van der Waals surface area contributed by atoms with Gasteiger partial charge in [0.15, 0.2) is 0 Å². The van der Waals surface area contributed by atoms with Crippen LogP contribution in [0.25, 0.3) is 11.3 Å². The van der Waals surface area contributed by atoms with Crippen molar-refractivity contribution in [2.24, 2.45) is 5.10 Å². The number of benzene rings is 2. The molecule has 3 aromatic rings. The fraction of sp³-hybridized carbons (Fsp3) is 0.0588.